The standard InChI is InChI=1S/C18H24ClN3O2/c1-18(2,24)12-21-8-10-22(11-9-21)17(23)16-15(19)13-6-4-5-7-14(13)20(16)3/h4-7,24H,8-12H2,1-3H3. The van der Waals surface area contributed by atoms with Crippen molar-refractivity contribution in [2.24, 2.45) is 7.05 Å². The average Bonchev–Trinajstić information content (AvgIpc) is 2.78. The smallest absolute Gasteiger partial charge is 0.272 e. The molecule has 1 aliphatic rings. The van der Waals surface area contributed by atoms with Gasteiger partial charge in [-0.2, -0.15) is 0 Å². The van der Waals surface area contributed by atoms with Gasteiger partial charge in [-0.25, -0.2) is 0 Å². The first-order valence-electron chi connectivity index (χ1n) is 8.25. The molecule has 0 spiro atoms. The second-order valence-corrected chi connectivity index (χ2v) is 7.50. The zero-order valence-electron chi connectivity index (χ0n) is 14.4. The largest absolute Gasteiger partial charge is 0.389 e. The molecule has 1 amide bonds. The molecule has 0 unspecified atom stereocenters. The number of halogens is 1. The number of aryl methyl sites for hydroxylation is 1. The number of aliphatic hydroxyl groups is 1. The molecule has 1 aromatic carbocycles. The third-order valence-corrected chi connectivity index (χ3v) is 4.90. The highest BCUT2D eigenvalue weighted by molar-refractivity contribution is 6.38. The van der Waals surface area contributed by atoms with E-state index in [1.54, 1.807) is 13.8 Å². The van der Waals surface area contributed by atoms with Crippen molar-refractivity contribution in [2.45, 2.75) is 19.4 Å². The number of nitrogens with zero attached hydrogens (tertiary/aromatic N) is 3. The number of rotatable bonds is 3. The van der Waals surface area contributed by atoms with Gasteiger partial charge in [0.15, 0.2) is 0 Å². The van der Waals surface area contributed by atoms with Gasteiger partial charge in [-0.3, -0.25) is 9.69 Å². The molecular formula is C18H24ClN3O2. The topological polar surface area (TPSA) is 48.7 Å². The first kappa shape index (κ1) is 17.3. The molecule has 1 saturated heterocycles. The van der Waals surface area contributed by atoms with Crippen LogP contribution in [0.15, 0.2) is 24.3 Å². The van der Waals surface area contributed by atoms with E-state index in [0.717, 1.165) is 24.0 Å². The van der Waals surface area contributed by atoms with Crippen molar-refractivity contribution >= 4 is 28.4 Å². The van der Waals surface area contributed by atoms with E-state index >= 15 is 0 Å². The van der Waals surface area contributed by atoms with Gasteiger partial charge in [0.25, 0.3) is 5.91 Å². The molecule has 0 saturated carbocycles. The molecular weight excluding hydrogens is 326 g/mol. The Morgan fingerprint density at radius 2 is 1.83 bits per heavy atom. The summed E-state index contributed by atoms with van der Waals surface area (Å²) in [7, 11) is 1.88. The predicted molar refractivity (Wildman–Crippen MR) is 96.6 cm³/mol. The zero-order valence-corrected chi connectivity index (χ0v) is 15.2. The van der Waals surface area contributed by atoms with Crippen LogP contribution in [-0.4, -0.2) is 63.7 Å². The molecule has 5 nitrogen and oxygen atoms in total. The maximum Gasteiger partial charge on any atom is 0.272 e. The van der Waals surface area contributed by atoms with Gasteiger partial charge in [0.05, 0.1) is 10.6 Å². The Morgan fingerprint density at radius 1 is 1.21 bits per heavy atom. The molecule has 1 aliphatic heterocycles. The highest BCUT2D eigenvalue weighted by Crippen LogP contribution is 2.30. The molecule has 1 aromatic heterocycles. The van der Waals surface area contributed by atoms with E-state index < -0.39 is 5.60 Å². The van der Waals surface area contributed by atoms with Gasteiger partial charge in [0.2, 0.25) is 0 Å². The van der Waals surface area contributed by atoms with Crippen molar-refractivity contribution in [3.05, 3.63) is 35.0 Å². The molecule has 3 rings (SSSR count). The number of piperazine rings is 1. The quantitative estimate of drug-likeness (QED) is 0.925. The Hall–Kier alpha value is -1.56. The van der Waals surface area contributed by atoms with E-state index in [4.69, 9.17) is 11.6 Å². The van der Waals surface area contributed by atoms with Crippen LogP contribution in [0.2, 0.25) is 5.02 Å². The van der Waals surface area contributed by atoms with Gasteiger partial charge < -0.3 is 14.6 Å². The lowest BCUT2D eigenvalue weighted by Crippen LogP contribution is -2.52. The molecule has 0 aliphatic carbocycles. The van der Waals surface area contributed by atoms with Crippen LogP contribution in [-0.2, 0) is 7.05 Å². The first-order valence-corrected chi connectivity index (χ1v) is 8.62. The lowest BCUT2D eigenvalue weighted by atomic mass is 10.1. The molecule has 2 heterocycles. The first-order chi connectivity index (χ1) is 11.3. The lowest BCUT2D eigenvalue weighted by molar-refractivity contribution is 0.0177. The number of amides is 1. The van der Waals surface area contributed by atoms with Gasteiger partial charge in [0.1, 0.15) is 5.69 Å². The minimum atomic E-state index is -0.717. The summed E-state index contributed by atoms with van der Waals surface area (Å²) in [6.45, 7) is 7.04. The highest BCUT2D eigenvalue weighted by atomic mass is 35.5. The molecule has 1 N–H and O–H groups in total. The summed E-state index contributed by atoms with van der Waals surface area (Å²) in [5.74, 6) is -0.0263. The molecule has 24 heavy (non-hydrogen) atoms. The van der Waals surface area contributed by atoms with Crippen molar-refractivity contribution in [2.75, 3.05) is 32.7 Å². The fourth-order valence-corrected chi connectivity index (χ4v) is 3.76. The predicted octanol–water partition coefficient (Wildman–Crippen LogP) is 2.36. The van der Waals surface area contributed by atoms with Crippen LogP contribution in [0.4, 0.5) is 0 Å². The van der Waals surface area contributed by atoms with Gasteiger partial charge in [0, 0.05) is 50.7 Å². The highest BCUT2D eigenvalue weighted by Gasteiger charge is 2.28. The number of hydrogen-bond donors (Lipinski definition) is 1. The van der Waals surface area contributed by atoms with Crippen LogP contribution in [0.25, 0.3) is 10.9 Å². The van der Waals surface area contributed by atoms with Crippen molar-refractivity contribution in [3.8, 4) is 0 Å². The molecule has 0 bridgehead atoms. The molecule has 0 radical (unpaired) electrons. The average molecular weight is 350 g/mol. The summed E-state index contributed by atoms with van der Waals surface area (Å²) < 4.78 is 1.88. The van der Waals surface area contributed by atoms with E-state index in [-0.39, 0.29) is 5.91 Å². The fraction of sp³-hybridized carbons (Fsp3) is 0.500. The molecule has 6 heteroatoms. The number of β-amino-alcohol motifs (C(OH)–C–C–N with tert-alkyl or cyclic N) is 1. The van der Waals surface area contributed by atoms with Gasteiger partial charge in [-0.1, -0.05) is 29.8 Å². The van der Waals surface area contributed by atoms with E-state index in [2.05, 4.69) is 4.90 Å². The van der Waals surface area contributed by atoms with Crippen LogP contribution >= 0.6 is 11.6 Å². The van der Waals surface area contributed by atoms with Crippen LogP contribution in [0.1, 0.15) is 24.3 Å². The van der Waals surface area contributed by atoms with Crippen LogP contribution in [0.3, 0.4) is 0 Å². The van der Waals surface area contributed by atoms with Crippen LogP contribution in [0.5, 0.6) is 0 Å². The molecule has 0 atom stereocenters. The number of hydrogen-bond acceptors (Lipinski definition) is 3. The Labute approximate surface area is 147 Å². The summed E-state index contributed by atoms with van der Waals surface area (Å²) in [6, 6.07) is 7.79. The molecule has 1 fully saturated rings. The number of carbonyl (C=O) groups is 1. The monoisotopic (exact) mass is 349 g/mol. The number of carbonyl (C=O) groups excluding carboxylic acids is 1. The third kappa shape index (κ3) is 3.29. The zero-order chi connectivity index (χ0) is 17.5. The van der Waals surface area contributed by atoms with Crippen molar-refractivity contribution in [1.29, 1.82) is 0 Å². The molecule has 130 valence electrons. The second kappa shape index (κ2) is 6.39. The summed E-state index contributed by atoms with van der Waals surface area (Å²) in [6.07, 6.45) is 0. The summed E-state index contributed by atoms with van der Waals surface area (Å²) in [5, 5.41) is 11.4. The SMILES string of the molecule is Cn1c(C(=O)N2CCN(CC(C)(C)O)CC2)c(Cl)c2ccccc21. The van der Waals surface area contributed by atoms with Crippen molar-refractivity contribution in [3.63, 3.8) is 0 Å². The third-order valence-electron chi connectivity index (χ3n) is 4.52. The van der Waals surface area contributed by atoms with Crippen molar-refractivity contribution < 1.29 is 9.90 Å². The minimum absolute atomic E-state index is 0.0263. The fourth-order valence-electron chi connectivity index (χ4n) is 3.39. The van der Waals surface area contributed by atoms with Crippen LogP contribution in [0, 0.1) is 0 Å². The summed E-state index contributed by atoms with van der Waals surface area (Å²) in [5.41, 5.74) is 0.797. The summed E-state index contributed by atoms with van der Waals surface area (Å²) in [4.78, 5) is 17.0. The Morgan fingerprint density at radius 3 is 2.42 bits per heavy atom. The van der Waals surface area contributed by atoms with Gasteiger partial charge in [-0.05, 0) is 19.9 Å². The van der Waals surface area contributed by atoms with E-state index in [9.17, 15) is 9.90 Å². The van der Waals surface area contributed by atoms with Gasteiger partial charge >= 0.3 is 0 Å². The number of aromatic nitrogens is 1. The Bertz CT molecular complexity index is 716. The normalized spacial score (nSPS) is 16.8. The Kier molecular flexibility index (Phi) is 4.60. The molecule has 2 aromatic rings. The van der Waals surface area contributed by atoms with E-state index in [1.807, 2.05) is 40.8 Å². The van der Waals surface area contributed by atoms with Crippen LogP contribution < -0.4 is 0 Å². The maximum absolute atomic E-state index is 13.0. The summed E-state index contributed by atoms with van der Waals surface area (Å²) >= 11 is 6.48. The maximum atomic E-state index is 13.0. The number of fused-ring (bicyclic) bond motifs is 1. The number of benzene rings is 1. The second-order valence-electron chi connectivity index (χ2n) is 7.12. The lowest BCUT2D eigenvalue weighted by Gasteiger charge is -2.37. The van der Waals surface area contributed by atoms with Gasteiger partial charge in [-0.15, -0.1) is 0 Å². The Balaban J connectivity index is 1.77. The van der Waals surface area contributed by atoms with Crippen molar-refractivity contribution in [1.82, 2.24) is 14.4 Å². The van der Waals surface area contributed by atoms with E-state index in [0.29, 0.717) is 30.4 Å². The minimum Gasteiger partial charge on any atom is -0.389 e. The number of para-hydroxylation sites is 1. The van der Waals surface area contributed by atoms with E-state index in [1.165, 1.54) is 0 Å².